The van der Waals surface area contributed by atoms with Gasteiger partial charge in [0.15, 0.2) is 12.5 Å². The highest BCUT2D eigenvalue weighted by molar-refractivity contribution is 6.06. The maximum atomic E-state index is 14.2. The van der Waals surface area contributed by atoms with Crippen molar-refractivity contribution in [2.45, 2.75) is 13.2 Å². The third kappa shape index (κ3) is 3.79. The van der Waals surface area contributed by atoms with Crippen molar-refractivity contribution in [2.24, 2.45) is 5.18 Å². The number of aromatic hydroxyl groups is 1. The lowest BCUT2D eigenvalue weighted by Crippen LogP contribution is -2.15. The van der Waals surface area contributed by atoms with Gasteiger partial charge in [0, 0.05) is 27.8 Å². The highest BCUT2D eigenvalue weighted by Crippen LogP contribution is 2.41. The van der Waals surface area contributed by atoms with E-state index in [-0.39, 0.29) is 37.4 Å². The maximum absolute atomic E-state index is 14.2. The van der Waals surface area contributed by atoms with Crippen molar-refractivity contribution in [1.82, 2.24) is 4.57 Å². The predicted molar refractivity (Wildman–Crippen MR) is 119 cm³/mol. The second kappa shape index (κ2) is 8.36. The van der Waals surface area contributed by atoms with Gasteiger partial charge in [0.25, 0.3) is 5.91 Å². The van der Waals surface area contributed by atoms with Crippen LogP contribution in [0.1, 0.15) is 21.5 Å². The van der Waals surface area contributed by atoms with Gasteiger partial charge >= 0.3 is 0 Å². The Labute approximate surface area is 187 Å². The minimum Gasteiger partial charge on any atom is -0.493 e. The van der Waals surface area contributed by atoms with Crippen molar-refractivity contribution in [2.75, 3.05) is 12.1 Å². The second-order valence-electron chi connectivity index (χ2n) is 7.57. The van der Waals surface area contributed by atoms with E-state index in [0.29, 0.717) is 39.0 Å². The molecule has 166 valence electrons. The SMILES string of the molecule is O=Nc1c(O)n(Cc2cc(F)cc3c2OCOC3)c2cc(NC(=O)c3ccccc3)ccc12. The molecule has 2 heterocycles. The third-order valence-electron chi connectivity index (χ3n) is 5.48. The number of nitroso groups, excluding NO2 is 1. The van der Waals surface area contributed by atoms with Crippen LogP contribution in [0.4, 0.5) is 15.8 Å². The summed E-state index contributed by atoms with van der Waals surface area (Å²) in [4.78, 5) is 24.0. The zero-order chi connectivity index (χ0) is 22.9. The van der Waals surface area contributed by atoms with Crippen molar-refractivity contribution < 1.29 is 23.8 Å². The van der Waals surface area contributed by atoms with Gasteiger partial charge in [-0.15, -0.1) is 4.91 Å². The molecule has 1 aliphatic rings. The molecule has 0 fully saturated rings. The van der Waals surface area contributed by atoms with Gasteiger partial charge in [-0.2, -0.15) is 0 Å². The Balaban J connectivity index is 1.57. The summed E-state index contributed by atoms with van der Waals surface area (Å²) >= 11 is 0. The van der Waals surface area contributed by atoms with Crippen molar-refractivity contribution in [3.05, 3.63) is 88.1 Å². The Bertz CT molecular complexity index is 1380. The molecule has 1 aliphatic heterocycles. The monoisotopic (exact) mass is 447 g/mol. The number of benzene rings is 3. The number of nitrogens with zero attached hydrogens (tertiary/aromatic N) is 2. The molecule has 0 bridgehead atoms. The summed E-state index contributed by atoms with van der Waals surface area (Å²) in [5.41, 5.74) is 2.27. The molecule has 4 aromatic rings. The molecule has 8 nitrogen and oxygen atoms in total. The van der Waals surface area contributed by atoms with Crippen molar-refractivity contribution >= 4 is 28.2 Å². The highest BCUT2D eigenvalue weighted by Gasteiger charge is 2.22. The molecule has 1 aromatic heterocycles. The number of carbonyl (C=O) groups excluding carboxylic acids is 1. The molecular formula is C24H18FN3O5. The van der Waals surface area contributed by atoms with Gasteiger partial charge < -0.3 is 24.5 Å². The zero-order valence-corrected chi connectivity index (χ0v) is 17.2. The van der Waals surface area contributed by atoms with Gasteiger partial charge in [-0.25, -0.2) is 4.39 Å². The molecule has 1 amide bonds. The molecule has 33 heavy (non-hydrogen) atoms. The number of hydrogen-bond donors (Lipinski definition) is 2. The summed E-state index contributed by atoms with van der Waals surface area (Å²) in [6.45, 7) is 0.240. The first-order valence-corrected chi connectivity index (χ1v) is 10.1. The molecule has 0 spiro atoms. The number of nitrogens with one attached hydrogen (secondary N) is 1. The highest BCUT2D eigenvalue weighted by atomic mass is 19.1. The van der Waals surface area contributed by atoms with Crippen LogP contribution in [0.5, 0.6) is 11.6 Å². The van der Waals surface area contributed by atoms with E-state index in [9.17, 15) is 19.2 Å². The first kappa shape index (κ1) is 20.7. The molecule has 0 saturated heterocycles. The van der Waals surface area contributed by atoms with Crippen LogP contribution in [-0.4, -0.2) is 22.4 Å². The standard InChI is InChI=1S/C24H18FN3O5/c25-17-8-15(22-16(9-17)12-32-13-33-22)11-28-20-10-18(6-7-19(20)21(27-31)24(28)30)26-23(29)14-4-2-1-3-5-14/h1-10,30H,11-13H2,(H,26,29). The quantitative estimate of drug-likeness (QED) is 0.417. The number of anilines is 1. The molecule has 0 radical (unpaired) electrons. The summed E-state index contributed by atoms with van der Waals surface area (Å²) in [5.74, 6) is -0.674. The summed E-state index contributed by atoms with van der Waals surface area (Å²) in [5, 5.41) is 16.9. The smallest absolute Gasteiger partial charge is 0.255 e. The summed E-state index contributed by atoms with van der Waals surface area (Å²) in [6, 6.07) is 16.2. The lowest BCUT2D eigenvalue weighted by molar-refractivity contribution is -0.0173. The lowest BCUT2D eigenvalue weighted by Gasteiger charge is -2.21. The largest absolute Gasteiger partial charge is 0.493 e. The van der Waals surface area contributed by atoms with Crippen LogP contribution in [-0.2, 0) is 17.9 Å². The van der Waals surface area contributed by atoms with E-state index in [1.54, 1.807) is 42.5 Å². The fourth-order valence-electron chi connectivity index (χ4n) is 3.98. The first-order chi connectivity index (χ1) is 16.0. The van der Waals surface area contributed by atoms with Crippen molar-refractivity contribution in [1.29, 1.82) is 0 Å². The summed E-state index contributed by atoms with van der Waals surface area (Å²) in [6.07, 6.45) is 0. The first-order valence-electron chi connectivity index (χ1n) is 10.1. The molecule has 0 aliphatic carbocycles. The van der Waals surface area contributed by atoms with Crippen LogP contribution in [0.25, 0.3) is 10.9 Å². The molecular weight excluding hydrogens is 429 g/mol. The maximum Gasteiger partial charge on any atom is 0.255 e. The minimum absolute atomic E-state index is 0.00797. The normalized spacial score (nSPS) is 12.8. The Morgan fingerprint density at radius 1 is 1.15 bits per heavy atom. The van der Waals surface area contributed by atoms with E-state index in [2.05, 4.69) is 10.5 Å². The number of fused-ring (bicyclic) bond motifs is 2. The van der Waals surface area contributed by atoms with E-state index in [1.807, 2.05) is 6.07 Å². The van der Waals surface area contributed by atoms with Crippen LogP contribution < -0.4 is 10.1 Å². The van der Waals surface area contributed by atoms with Crippen molar-refractivity contribution in [3.63, 3.8) is 0 Å². The van der Waals surface area contributed by atoms with E-state index >= 15 is 0 Å². The average Bonchev–Trinajstić information content (AvgIpc) is 3.09. The van der Waals surface area contributed by atoms with Gasteiger partial charge in [0.05, 0.1) is 18.7 Å². The van der Waals surface area contributed by atoms with Gasteiger partial charge in [-0.1, -0.05) is 18.2 Å². The minimum atomic E-state index is -0.474. The summed E-state index contributed by atoms with van der Waals surface area (Å²) < 4.78 is 26.4. The molecule has 0 saturated carbocycles. The Morgan fingerprint density at radius 2 is 1.97 bits per heavy atom. The molecule has 2 N–H and O–H groups in total. The number of rotatable bonds is 5. The van der Waals surface area contributed by atoms with Gasteiger partial charge in [0.2, 0.25) is 5.88 Å². The fraction of sp³-hybridized carbons (Fsp3) is 0.125. The molecule has 0 atom stereocenters. The molecule has 3 aromatic carbocycles. The molecule has 5 rings (SSSR count). The number of amides is 1. The number of halogens is 1. The predicted octanol–water partition coefficient (Wildman–Crippen LogP) is 5.05. The topological polar surface area (TPSA) is 102 Å². The number of carbonyl (C=O) groups is 1. The third-order valence-corrected chi connectivity index (χ3v) is 5.48. The van der Waals surface area contributed by atoms with Crippen LogP contribution in [0.3, 0.4) is 0 Å². The van der Waals surface area contributed by atoms with Gasteiger partial charge in [-0.05, 0) is 47.6 Å². The van der Waals surface area contributed by atoms with Crippen LogP contribution in [0.15, 0.2) is 65.8 Å². The van der Waals surface area contributed by atoms with Crippen LogP contribution in [0, 0.1) is 10.7 Å². The second-order valence-corrected chi connectivity index (χ2v) is 7.57. The Hall–Kier alpha value is -4.24. The summed E-state index contributed by atoms with van der Waals surface area (Å²) in [7, 11) is 0. The number of hydrogen-bond acceptors (Lipinski definition) is 6. The fourth-order valence-corrected chi connectivity index (χ4v) is 3.98. The van der Waals surface area contributed by atoms with E-state index < -0.39 is 5.82 Å². The van der Waals surface area contributed by atoms with Crippen LogP contribution >= 0.6 is 0 Å². The average molecular weight is 447 g/mol. The Kier molecular flexibility index (Phi) is 5.23. The molecule has 9 heteroatoms. The lowest BCUT2D eigenvalue weighted by atomic mass is 10.1. The molecule has 0 unspecified atom stereocenters. The Morgan fingerprint density at radius 3 is 2.76 bits per heavy atom. The van der Waals surface area contributed by atoms with E-state index in [1.165, 1.54) is 16.7 Å². The number of ether oxygens (including phenoxy) is 2. The van der Waals surface area contributed by atoms with Crippen LogP contribution in [0.2, 0.25) is 0 Å². The van der Waals surface area contributed by atoms with E-state index in [4.69, 9.17) is 9.47 Å². The van der Waals surface area contributed by atoms with Gasteiger partial charge in [-0.3, -0.25) is 4.79 Å². The van der Waals surface area contributed by atoms with Gasteiger partial charge in [0.1, 0.15) is 11.6 Å². The van der Waals surface area contributed by atoms with Crippen molar-refractivity contribution in [3.8, 4) is 11.6 Å². The van der Waals surface area contributed by atoms with E-state index in [0.717, 1.165) is 0 Å². The number of aromatic nitrogens is 1. The zero-order valence-electron chi connectivity index (χ0n) is 17.2.